The van der Waals surface area contributed by atoms with Gasteiger partial charge in [0, 0.05) is 24.2 Å². The van der Waals surface area contributed by atoms with Crippen LogP contribution in [0.4, 0.5) is 5.69 Å². The van der Waals surface area contributed by atoms with Crippen LogP contribution < -0.4 is 10.6 Å². The van der Waals surface area contributed by atoms with Gasteiger partial charge in [-0.15, -0.1) is 11.3 Å². The first kappa shape index (κ1) is 12.1. The molecule has 0 bridgehead atoms. The van der Waals surface area contributed by atoms with Crippen LogP contribution in [0.25, 0.3) is 0 Å². The zero-order valence-electron chi connectivity index (χ0n) is 10.3. The van der Waals surface area contributed by atoms with E-state index < -0.39 is 0 Å². The van der Waals surface area contributed by atoms with Crippen LogP contribution in [0.3, 0.4) is 0 Å². The second-order valence-electron chi connectivity index (χ2n) is 4.27. The number of benzene rings is 1. The van der Waals surface area contributed by atoms with Gasteiger partial charge in [0.15, 0.2) is 0 Å². The van der Waals surface area contributed by atoms with Gasteiger partial charge in [-0.25, -0.2) is 0 Å². The van der Waals surface area contributed by atoms with Gasteiger partial charge in [-0.1, -0.05) is 23.8 Å². The third-order valence-corrected chi connectivity index (χ3v) is 3.70. The largest absolute Gasteiger partial charge is 0.369 e. The summed E-state index contributed by atoms with van der Waals surface area (Å²) in [5.74, 6) is 0. The standard InChI is InChI=1S/C14H18N2S/c1-11-5-6-14(12(8-11)9-15)16(2)10-13-4-3-7-17-13/h3-8H,9-10,15H2,1-2H3. The van der Waals surface area contributed by atoms with Crippen molar-refractivity contribution in [3.63, 3.8) is 0 Å². The zero-order valence-corrected chi connectivity index (χ0v) is 11.1. The molecule has 1 aromatic heterocycles. The molecular formula is C14H18N2S. The highest BCUT2D eigenvalue weighted by atomic mass is 32.1. The van der Waals surface area contributed by atoms with Gasteiger partial charge < -0.3 is 10.6 Å². The molecule has 0 aliphatic rings. The fourth-order valence-corrected chi connectivity index (χ4v) is 2.73. The highest BCUT2D eigenvalue weighted by Gasteiger charge is 2.07. The zero-order chi connectivity index (χ0) is 12.3. The minimum absolute atomic E-state index is 0.589. The third-order valence-electron chi connectivity index (χ3n) is 2.84. The van der Waals surface area contributed by atoms with Crippen LogP contribution in [0.15, 0.2) is 35.7 Å². The lowest BCUT2D eigenvalue weighted by atomic mass is 10.1. The first-order chi connectivity index (χ1) is 8.20. The molecule has 3 heteroatoms. The second kappa shape index (κ2) is 5.34. The molecule has 1 heterocycles. The Morgan fingerprint density at radius 2 is 2.12 bits per heavy atom. The summed E-state index contributed by atoms with van der Waals surface area (Å²) in [5, 5.41) is 2.11. The van der Waals surface area contributed by atoms with Crippen molar-refractivity contribution in [3.8, 4) is 0 Å². The maximum atomic E-state index is 5.81. The minimum atomic E-state index is 0.589. The van der Waals surface area contributed by atoms with Gasteiger partial charge in [0.05, 0.1) is 6.54 Å². The second-order valence-corrected chi connectivity index (χ2v) is 5.30. The number of thiophene rings is 1. The van der Waals surface area contributed by atoms with Gasteiger partial charge >= 0.3 is 0 Å². The number of nitrogens with zero attached hydrogens (tertiary/aromatic N) is 1. The summed E-state index contributed by atoms with van der Waals surface area (Å²) < 4.78 is 0. The molecule has 0 atom stereocenters. The Morgan fingerprint density at radius 3 is 2.76 bits per heavy atom. The van der Waals surface area contributed by atoms with Crippen LogP contribution in [0, 0.1) is 6.92 Å². The van der Waals surface area contributed by atoms with Crippen molar-refractivity contribution in [3.05, 3.63) is 51.7 Å². The van der Waals surface area contributed by atoms with Crippen LogP contribution in [0.2, 0.25) is 0 Å². The van der Waals surface area contributed by atoms with E-state index in [9.17, 15) is 0 Å². The molecule has 2 rings (SSSR count). The topological polar surface area (TPSA) is 29.3 Å². The normalized spacial score (nSPS) is 10.5. The van der Waals surface area contributed by atoms with Crippen LogP contribution in [-0.4, -0.2) is 7.05 Å². The number of nitrogens with two attached hydrogens (primary N) is 1. The van der Waals surface area contributed by atoms with E-state index in [4.69, 9.17) is 5.73 Å². The lowest BCUT2D eigenvalue weighted by Gasteiger charge is -2.22. The highest BCUT2D eigenvalue weighted by Crippen LogP contribution is 2.23. The van der Waals surface area contributed by atoms with Crippen LogP contribution in [-0.2, 0) is 13.1 Å². The maximum absolute atomic E-state index is 5.81. The van der Waals surface area contributed by atoms with Crippen LogP contribution >= 0.6 is 11.3 Å². The monoisotopic (exact) mass is 246 g/mol. The molecule has 1 aromatic carbocycles. The molecule has 17 heavy (non-hydrogen) atoms. The molecule has 0 saturated carbocycles. The molecule has 90 valence electrons. The summed E-state index contributed by atoms with van der Waals surface area (Å²) in [7, 11) is 2.11. The van der Waals surface area contributed by atoms with E-state index in [0.717, 1.165) is 6.54 Å². The predicted molar refractivity (Wildman–Crippen MR) is 75.5 cm³/mol. The van der Waals surface area contributed by atoms with Gasteiger partial charge in [0.2, 0.25) is 0 Å². The molecular weight excluding hydrogens is 228 g/mol. The lowest BCUT2D eigenvalue weighted by molar-refractivity contribution is 0.916. The first-order valence-corrected chi connectivity index (χ1v) is 6.62. The quantitative estimate of drug-likeness (QED) is 0.898. The van der Waals surface area contributed by atoms with Crippen molar-refractivity contribution in [2.75, 3.05) is 11.9 Å². The van der Waals surface area contributed by atoms with E-state index in [2.05, 4.69) is 54.6 Å². The Labute approximate surface area is 107 Å². The molecule has 2 aromatic rings. The van der Waals surface area contributed by atoms with Gasteiger partial charge in [-0.2, -0.15) is 0 Å². The molecule has 0 spiro atoms. The molecule has 0 saturated heterocycles. The number of hydrogen-bond acceptors (Lipinski definition) is 3. The molecule has 0 amide bonds. The lowest BCUT2D eigenvalue weighted by Crippen LogP contribution is -2.18. The smallest absolute Gasteiger partial charge is 0.0519 e. The average Bonchev–Trinajstić information content (AvgIpc) is 2.81. The minimum Gasteiger partial charge on any atom is -0.369 e. The number of hydrogen-bond donors (Lipinski definition) is 1. The van der Waals surface area contributed by atoms with Crippen LogP contribution in [0.5, 0.6) is 0 Å². The molecule has 0 aliphatic heterocycles. The molecule has 0 fully saturated rings. The summed E-state index contributed by atoms with van der Waals surface area (Å²) in [6.45, 7) is 3.63. The molecule has 0 radical (unpaired) electrons. The summed E-state index contributed by atoms with van der Waals surface area (Å²) in [6, 6.07) is 10.7. The molecule has 2 nitrogen and oxygen atoms in total. The first-order valence-electron chi connectivity index (χ1n) is 5.74. The van der Waals surface area contributed by atoms with E-state index in [-0.39, 0.29) is 0 Å². The summed E-state index contributed by atoms with van der Waals surface area (Å²) in [5.41, 5.74) is 9.51. The van der Waals surface area contributed by atoms with Gasteiger partial charge in [0.25, 0.3) is 0 Å². The number of rotatable bonds is 4. The van der Waals surface area contributed by atoms with Crippen molar-refractivity contribution in [1.82, 2.24) is 0 Å². The molecule has 0 aliphatic carbocycles. The number of anilines is 1. The summed E-state index contributed by atoms with van der Waals surface area (Å²) >= 11 is 1.79. The Morgan fingerprint density at radius 1 is 1.29 bits per heavy atom. The van der Waals surface area contributed by atoms with Crippen molar-refractivity contribution in [2.24, 2.45) is 5.73 Å². The van der Waals surface area contributed by atoms with E-state index in [1.807, 2.05) is 0 Å². The summed E-state index contributed by atoms with van der Waals surface area (Å²) in [4.78, 5) is 3.63. The van der Waals surface area contributed by atoms with E-state index in [1.54, 1.807) is 11.3 Å². The van der Waals surface area contributed by atoms with E-state index in [1.165, 1.54) is 21.7 Å². The molecule has 0 unspecified atom stereocenters. The van der Waals surface area contributed by atoms with E-state index >= 15 is 0 Å². The molecule has 2 N–H and O–H groups in total. The maximum Gasteiger partial charge on any atom is 0.0519 e. The van der Waals surface area contributed by atoms with E-state index in [0.29, 0.717) is 6.54 Å². The summed E-state index contributed by atoms with van der Waals surface area (Å²) in [6.07, 6.45) is 0. The Kier molecular flexibility index (Phi) is 3.82. The average molecular weight is 246 g/mol. The highest BCUT2D eigenvalue weighted by molar-refractivity contribution is 7.09. The fraction of sp³-hybridized carbons (Fsp3) is 0.286. The SMILES string of the molecule is Cc1ccc(N(C)Cc2cccs2)c(CN)c1. The Bertz CT molecular complexity index is 477. The van der Waals surface area contributed by atoms with Gasteiger partial charge in [-0.05, 0) is 30.0 Å². The predicted octanol–water partition coefficient (Wildman–Crippen LogP) is 3.15. The van der Waals surface area contributed by atoms with Crippen LogP contribution in [0.1, 0.15) is 16.0 Å². The van der Waals surface area contributed by atoms with Gasteiger partial charge in [0.1, 0.15) is 0 Å². The Balaban J connectivity index is 2.21. The van der Waals surface area contributed by atoms with Crippen molar-refractivity contribution in [2.45, 2.75) is 20.0 Å². The van der Waals surface area contributed by atoms with Gasteiger partial charge in [-0.3, -0.25) is 0 Å². The van der Waals surface area contributed by atoms with Crippen molar-refractivity contribution in [1.29, 1.82) is 0 Å². The van der Waals surface area contributed by atoms with Crippen molar-refractivity contribution < 1.29 is 0 Å². The fourth-order valence-electron chi connectivity index (χ4n) is 1.97. The third kappa shape index (κ3) is 2.87. The Hall–Kier alpha value is -1.32. The number of aryl methyl sites for hydroxylation is 1. The van der Waals surface area contributed by atoms with Crippen molar-refractivity contribution >= 4 is 17.0 Å².